The molecule has 0 unspecified atom stereocenters. The Kier molecular flexibility index (Phi) is 4.18. The van der Waals surface area contributed by atoms with E-state index in [4.69, 9.17) is 11.6 Å². The van der Waals surface area contributed by atoms with Gasteiger partial charge in [-0.2, -0.15) is 0 Å². The Balaban J connectivity index is 4.82. The minimum Gasteiger partial charge on any atom is -0.271 e. The normalized spacial score (nSPS) is 14.8. The summed E-state index contributed by atoms with van der Waals surface area (Å²) >= 11 is 5.66. The van der Waals surface area contributed by atoms with Crippen LogP contribution in [0.2, 0.25) is 0 Å². The summed E-state index contributed by atoms with van der Waals surface area (Å²) in [5, 5.41) is 0.514. The van der Waals surface area contributed by atoms with Gasteiger partial charge in [0.1, 0.15) is 5.17 Å². The van der Waals surface area contributed by atoms with Crippen LogP contribution < -0.4 is 0 Å². The first-order valence-electron chi connectivity index (χ1n) is 3.75. The van der Waals surface area contributed by atoms with Gasteiger partial charge in [-0.1, -0.05) is 32.4 Å². The van der Waals surface area contributed by atoms with Crippen LogP contribution in [0, 0.1) is 5.41 Å². The standard InChI is InChI=1S/C9H15ClN2/c1-7(10)12-8(6-11-5)9(2,3)4/h6H,5H2,1-4H3/b8-6-,12-7?. The molecule has 2 nitrogen and oxygen atoms in total. The van der Waals surface area contributed by atoms with Crippen molar-refractivity contribution in [3.63, 3.8) is 0 Å². The largest absolute Gasteiger partial charge is 0.271 e. The van der Waals surface area contributed by atoms with Crippen molar-refractivity contribution in [1.29, 1.82) is 0 Å². The molecule has 0 saturated carbocycles. The molecule has 0 amide bonds. The summed E-state index contributed by atoms with van der Waals surface area (Å²) in [6.45, 7) is 11.3. The van der Waals surface area contributed by atoms with Gasteiger partial charge < -0.3 is 0 Å². The summed E-state index contributed by atoms with van der Waals surface area (Å²) in [5.41, 5.74) is 0.794. The Labute approximate surface area is 79.1 Å². The van der Waals surface area contributed by atoms with Crippen molar-refractivity contribution in [3.8, 4) is 0 Å². The number of allylic oxidation sites excluding steroid dienone is 1. The van der Waals surface area contributed by atoms with Gasteiger partial charge in [-0.3, -0.25) is 4.99 Å². The molecule has 0 heterocycles. The average molecular weight is 187 g/mol. The van der Waals surface area contributed by atoms with E-state index in [1.807, 2.05) is 20.8 Å². The first kappa shape index (κ1) is 11.4. The third kappa shape index (κ3) is 4.29. The van der Waals surface area contributed by atoms with Crippen LogP contribution in [0.5, 0.6) is 0 Å². The van der Waals surface area contributed by atoms with Gasteiger partial charge in [-0.25, -0.2) is 4.99 Å². The zero-order valence-electron chi connectivity index (χ0n) is 8.06. The van der Waals surface area contributed by atoms with Gasteiger partial charge in [0.05, 0.1) is 5.70 Å². The maximum Gasteiger partial charge on any atom is 0.103 e. The summed E-state index contributed by atoms with van der Waals surface area (Å²) in [6.07, 6.45) is 1.63. The van der Waals surface area contributed by atoms with Crippen LogP contribution in [0.3, 0.4) is 0 Å². The molecule has 0 rings (SSSR count). The molecule has 0 radical (unpaired) electrons. The number of nitrogens with zero attached hydrogens (tertiary/aromatic N) is 2. The third-order valence-electron chi connectivity index (χ3n) is 1.26. The molecule has 0 spiro atoms. The number of hydrogen-bond acceptors (Lipinski definition) is 2. The highest BCUT2D eigenvalue weighted by atomic mass is 35.5. The molecule has 0 atom stereocenters. The Morgan fingerprint density at radius 2 is 1.92 bits per heavy atom. The van der Waals surface area contributed by atoms with E-state index in [1.165, 1.54) is 0 Å². The maximum atomic E-state index is 5.66. The highest BCUT2D eigenvalue weighted by Crippen LogP contribution is 2.26. The molecule has 0 fully saturated rings. The predicted octanol–water partition coefficient (Wildman–Crippen LogP) is 3.23. The van der Waals surface area contributed by atoms with Crippen LogP contribution in [0.1, 0.15) is 27.7 Å². The van der Waals surface area contributed by atoms with Crippen LogP contribution in [0.25, 0.3) is 0 Å². The quantitative estimate of drug-likeness (QED) is 0.592. The Hall–Kier alpha value is -0.630. The van der Waals surface area contributed by atoms with Crippen LogP contribution in [-0.4, -0.2) is 11.9 Å². The van der Waals surface area contributed by atoms with Gasteiger partial charge in [0.15, 0.2) is 0 Å². The molecule has 3 heteroatoms. The fraction of sp³-hybridized carbons (Fsp3) is 0.556. The molecular weight excluding hydrogens is 172 g/mol. The van der Waals surface area contributed by atoms with E-state index in [1.54, 1.807) is 13.1 Å². The zero-order valence-corrected chi connectivity index (χ0v) is 8.81. The van der Waals surface area contributed by atoms with Crippen molar-refractivity contribution in [2.24, 2.45) is 15.4 Å². The molecule has 0 aliphatic heterocycles. The van der Waals surface area contributed by atoms with Crippen LogP contribution >= 0.6 is 11.6 Å². The summed E-state index contributed by atoms with van der Waals surface area (Å²) in [5.74, 6) is 0. The number of hydrogen-bond donors (Lipinski definition) is 0. The molecule has 0 aliphatic carbocycles. The second kappa shape index (κ2) is 4.41. The second-order valence-electron chi connectivity index (χ2n) is 3.56. The van der Waals surface area contributed by atoms with E-state index in [9.17, 15) is 0 Å². The number of rotatable bonds is 2. The van der Waals surface area contributed by atoms with Crippen molar-refractivity contribution < 1.29 is 0 Å². The van der Waals surface area contributed by atoms with Crippen LogP contribution in [0.15, 0.2) is 21.9 Å². The molecule has 12 heavy (non-hydrogen) atoms. The number of halogens is 1. The molecule has 68 valence electrons. The van der Waals surface area contributed by atoms with E-state index in [0.29, 0.717) is 5.17 Å². The first-order chi connectivity index (χ1) is 5.38. The minimum atomic E-state index is -0.0443. The minimum absolute atomic E-state index is 0.0443. The summed E-state index contributed by atoms with van der Waals surface area (Å²) in [6, 6.07) is 0. The Morgan fingerprint density at radius 3 is 2.17 bits per heavy atom. The fourth-order valence-corrected chi connectivity index (χ4v) is 0.734. The Bertz CT molecular complexity index is 217. The fourth-order valence-electron chi connectivity index (χ4n) is 0.643. The van der Waals surface area contributed by atoms with E-state index in [-0.39, 0.29) is 5.41 Å². The molecule has 0 aromatic rings. The van der Waals surface area contributed by atoms with Crippen molar-refractivity contribution in [3.05, 3.63) is 11.9 Å². The lowest BCUT2D eigenvalue weighted by Crippen LogP contribution is -2.08. The van der Waals surface area contributed by atoms with Crippen molar-refractivity contribution >= 4 is 23.5 Å². The monoisotopic (exact) mass is 186 g/mol. The zero-order chi connectivity index (χ0) is 9.78. The highest BCUT2D eigenvalue weighted by molar-refractivity contribution is 6.64. The van der Waals surface area contributed by atoms with E-state index < -0.39 is 0 Å². The number of aliphatic imine (C=N–C) groups is 2. The summed E-state index contributed by atoms with van der Waals surface area (Å²) in [4.78, 5) is 7.83. The van der Waals surface area contributed by atoms with Crippen LogP contribution in [0.4, 0.5) is 0 Å². The first-order valence-corrected chi connectivity index (χ1v) is 4.13. The van der Waals surface area contributed by atoms with Gasteiger partial charge in [-0.15, -0.1) is 0 Å². The second-order valence-corrected chi connectivity index (χ2v) is 4.10. The van der Waals surface area contributed by atoms with Crippen LogP contribution in [-0.2, 0) is 0 Å². The van der Waals surface area contributed by atoms with Crippen molar-refractivity contribution in [2.75, 3.05) is 0 Å². The summed E-state index contributed by atoms with van der Waals surface area (Å²) < 4.78 is 0. The lowest BCUT2D eigenvalue weighted by atomic mass is 9.93. The van der Waals surface area contributed by atoms with Gasteiger partial charge >= 0.3 is 0 Å². The molecule has 0 aromatic heterocycles. The summed E-state index contributed by atoms with van der Waals surface area (Å²) in [7, 11) is 0. The SMILES string of the molecule is C=N/C=C(\N=C(C)Cl)C(C)(C)C. The van der Waals surface area contributed by atoms with Crippen molar-refractivity contribution in [2.45, 2.75) is 27.7 Å². The maximum absolute atomic E-state index is 5.66. The lowest BCUT2D eigenvalue weighted by molar-refractivity contribution is 0.497. The molecule has 0 N–H and O–H groups in total. The topological polar surface area (TPSA) is 24.7 Å². The molecule has 0 saturated heterocycles. The molecule has 0 bridgehead atoms. The molecule has 0 aliphatic rings. The molecular formula is C9H15ClN2. The molecule has 0 aromatic carbocycles. The predicted molar refractivity (Wildman–Crippen MR) is 56.0 cm³/mol. The van der Waals surface area contributed by atoms with E-state index >= 15 is 0 Å². The van der Waals surface area contributed by atoms with E-state index in [2.05, 4.69) is 16.7 Å². The average Bonchev–Trinajstić information content (AvgIpc) is 1.83. The van der Waals surface area contributed by atoms with Gasteiger partial charge in [0, 0.05) is 11.6 Å². The van der Waals surface area contributed by atoms with Gasteiger partial charge in [-0.05, 0) is 13.6 Å². The third-order valence-corrected chi connectivity index (χ3v) is 1.34. The van der Waals surface area contributed by atoms with Gasteiger partial charge in [0.25, 0.3) is 0 Å². The lowest BCUT2D eigenvalue weighted by Gasteiger charge is -2.18. The highest BCUT2D eigenvalue weighted by Gasteiger charge is 2.16. The Morgan fingerprint density at radius 1 is 1.42 bits per heavy atom. The smallest absolute Gasteiger partial charge is 0.103 e. The van der Waals surface area contributed by atoms with Crippen molar-refractivity contribution in [1.82, 2.24) is 0 Å². The van der Waals surface area contributed by atoms with Gasteiger partial charge in [0.2, 0.25) is 0 Å². The van der Waals surface area contributed by atoms with E-state index in [0.717, 1.165) is 5.70 Å².